The maximum absolute atomic E-state index is 12.5. The van der Waals surface area contributed by atoms with Gasteiger partial charge in [-0.3, -0.25) is 14.2 Å². The molecular weight excluding hydrogens is 242 g/mol. The lowest BCUT2D eigenvalue weighted by Crippen LogP contribution is -2.29. The summed E-state index contributed by atoms with van der Waals surface area (Å²) < 4.78 is 1.70. The van der Waals surface area contributed by atoms with E-state index >= 15 is 0 Å². The zero-order chi connectivity index (χ0) is 13.4. The summed E-state index contributed by atoms with van der Waals surface area (Å²) in [6.07, 6.45) is 7.28. The lowest BCUT2D eigenvalue weighted by atomic mass is 10.1. The van der Waals surface area contributed by atoms with Crippen LogP contribution in [0, 0.1) is 0 Å². The Morgan fingerprint density at radius 1 is 1.37 bits per heavy atom. The van der Waals surface area contributed by atoms with Crippen LogP contribution in [0.2, 0.25) is 0 Å². The van der Waals surface area contributed by atoms with E-state index in [4.69, 9.17) is 0 Å². The summed E-state index contributed by atoms with van der Waals surface area (Å²) in [6.45, 7) is 1.42. The van der Waals surface area contributed by atoms with Crippen molar-refractivity contribution in [1.29, 1.82) is 0 Å². The van der Waals surface area contributed by atoms with Crippen molar-refractivity contribution < 1.29 is 4.79 Å². The van der Waals surface area contributed by atoms with Gasteiger partial charge in [0, 0.05) is 17.6 Å². The van der Waals surface area contributed by atoms with E-state index in [0.717, 1.165) is 31.1 Å². The number of aromatic nitrogens is 3. The van der Waals surface area contributed by atoms with E-state index in [0.29, 0.717) is 5.65 Å². The van der Waals surface area contributed by atoms with Crippen LogP contribution in [0.3, 0.4) is 0 Å². The highest BCUT2D eigenvalue weighted by Crippen LogP contribution is 2.30. The number of fused-ring (bicyclic) bond motifs is 1. The van der Waals surface area contributed by atoms with E-state index in [1.807, 2.05) is 0 Å². The Morgan fingerprint density at radius 3 is 2.79 bits per heavy atom. The Balaban J connectivity index is 2.35. The largest absolute Gasteiger partial charge is 0.294 e. The monoisotopic (exact) mass is 257 g/mol. The van der Waals surface area contributed by atoms with Crippen LogP contribution in [0.4, 0.5) is 0 Å². The van der Waals surface area contributed by atoms with Crippen molar-refractivity contribution >= 4 is 16.8 Å². The van der Waals surface area contributed by atoms with E-state index in [1.54, 1.807) is 16.8 Å². The summed E-state index contributed by atoms with van der Waals surface area (Å²) in [4.78, 5) is 32.3. The Hall–Kier alpha value is -2.04. The van der Waals surface area contributed by atoms with Crippen LogP contribution < -0.4 is 5.56 Å². The number of carbonyl (C=O) groups excluding carboxylic acids is 1. The predicted molar refractivity (Wildman–Crippen MR) is 71.3 cm³/mol. The molecule has 0 aliphatic heterocycles. The van der Waals surface area contributed by atoms with Gasteiger partial charge < -0.3 is 0 Å². The van der Waals surface area contributed by atoms with Gasteiger partial charge in [-0.05, 0) is 25.8 Å². The van der Waals surface area contributed by atoms with Gasteiger partial charge in [0.25, 0.3) is 5.56 Å². The normalized spacial score (nSPS) is 16.1. The topological polar surface area (TPSA) is 64.8 Å². The first-order valence-electron chi connectivity index (χ1n) is 6.54. The molecule has 0 bridgehead atoms. The van der Waals surface area contributed by atoms with E-state index in [-0.39, 0.29) is 22.9 Å². The third-order valence-electron chi connectivity index (χ3n) is 3.76. The van der Waals surface area contributed by atoms with Crippen LogP contribution in [-0.2, 0) is 0 Å². The Labute approximate surface area is 110 Å². The third-order valence-corrected chi connectivity index (χ3v) is 3.76. The lowest BCUT2D eigenvalue weighted by molar-refractivity contribution is 0.101. The van der Waals surface area contributed by atoms with Gasteiger partial charge in [0.15, 0.2) is 5.78 Å². The minimum atomic E-state index is -0.217. The number of hydrogen-bond acceptors (Lipinski definition) is 4. The molecule has 0 N–H and O–H groups in total. The molecule has 0 amide bonds. The molecule has 2 heterocycles. The molecule has 1 fully saturated rings. The fraction of sp³-hybridized carbons (Fsp3) is 0.429. The summed E-state index contributed by atoms with van der Waals surface area (Å²) in [5.41, 5.74) is 0.650. The maximum atomic E-state index is 12.5. The van der Waals surface area contributed by atoms with Gasteiger partial charge in [0.2, 0.25) is 0 Å². The molecule has 0 saturated heterocycles. The van der Waals surface area contributed by atoms with E-state index < -0.39 is 0 Å². The number of Topliss-reactive ketones (excluding diaryl/α,β-unsaturated/α-hetero) is 1. The molecule has 1 aliphatic carbocycles. The molecule has 3 rings (SSSR count). The van der Waals surface area contributed by atoms with E-state index in [9.17, 15) is 9.59 Å². The highest BCUT2D eigenvalue weighted by Gasteiger charge is 2.23. The maximum Gasteiger partial charge on any atom is 0.263 e. The first-order valence-corrected chi connectivity index (χ1v) is 6.54. The fourth-order valence-electron chi connectivity index (χ4n) is 2.83. The van der Waals surface area contributed by atoms with Crippen LogP contribution in [-0.4, -0.2) is 20.3 Å². The summed E-state index contributed by atoms with van der Waals surface area (Å²) in [7, 11) is 0. The molecule has 5 nitrogen and oxygen atoms in total. The molecule has 98 valence electrons. The molecule has 2 aromatic rings. The van der Waals surface area contributed by atoms with Gasteiger partial charge in [-0.2, -0.15) is 0 Å². The highest BCUT2D eigenvalue weighted by atomic mass is 16.1. The summed E-state index contributed by atoms with van der Waals surface area (Å²) in [6, 6.07) is 1.76. The smallest absolute Gasteiger partial charge is 0.263 e. The van der Waals surface area contributed by atoms with Crippen LogP contribution in [0.15, 0.2) is 23.4 Å². The van der Waals surface area contributed by atoms with Crippen molar-refractivity contribution in [3.8, 4) is 0 Å². The average Bonchev–Trinajstić information content (AvgIpc) is 2.91. The summed E-state index contributed by atoms with van der Waals surface area (Å²) in [5.74, 6) is -0.206. The first-order chi connectivity index (χ1) is 9.18. The Kier molecular flexibility index (Phi) is 2.89. The molecule has 19 heavy (non-hydrogen) atoms. The summed E-state index contributed by atoms with van der Waals surface area (Å²) >= 11 is 0. The predicted octanol–water partition coefficient (Wildman–Crippen LogP) is 2.11. The molecule has 0 spiro atoms. The van der Waals surface area contributed by atoms with E-state index in [2.05, 4.69) is 9.97 Å². The highest BCUT2D eigenvalue weighted by molar-refractivity contribution is 5.96. The Bertz CT molecular complexity index is 699. The SMILES string of the molecule is CC(=O)c1cc2cncnc2n(C2CCCC2)c1=O. The second kappa shape index (κ2) is 4.57. The molecule has 1 saturated carbocycles. The third kappa shape index (κ3) is 1.95. The van der Waals surface area contributed by atoms with Crippen molar-refractivity contribution in [1.82, 2.24) is 14.5 Å². The minimum absolute atomic E-state index is 0.157. The minimum Gasteiger partial charge on any atom is -0.294 e. The van der Waals surface area contributed by atoms with E-state index in [1.165, 1.54) is 13.3 Å². The van der Waals surface area contributed by atoms with Crippen molar-refractivity contribution in [2.45, 2.75) is 38.6 Å². The van der Waals surface area contributed by atoms with Crippen LogP contribution in [0.25, 0.3) is 11.0 Å². The molecule has 0 aromatic carbocycles. The molecule has 0 unspecified atom stereocenters. The lowest BCUT2D eigenvalue weighted by Gasteiger charge is -2.16. The van der Waals surface area contributed by atoms with Gasteiger partial charge in [-0.15, -0.1) is 0 Å². The van der Waals surface area contributed by atoms with Gasteiger partial charge in [-0.25, -0.2) is 9.97 Å². The second-order valence-electron chi connectivity index (χ2n) is 5.03. The van der Waals surface area contributed by atoms with Crippen molar-refractivity contribution in [3.05, 3.63) is 34.5 Å². The number of carbonyl (C=O) groups is 1. The standard InChI is InChI=1S/C14H15N3O2/c1-9(18)12-6-10-7-15-8-16-13(10)17(14(12)19)11-4-2-3-5-11/h6-8,11H,2-5H2,1H3. The number of hydrogen-bond donors (Lipinski definition) is 0. The van der Waals surface area contributed by atoms with Gasteiger partial charge in [-0.1, -0.05) is 12.8 Å². The quantitative estimate of drug-likeness (QED) is 0.773. The molecular formula is C14H15N3O2. The van der Waals surface area contributed by atoms with Crippen LogP contribution >= 0.6 is 0 Å². The zero-order valence-electron chi connectivity index (χ0n) is 10.8. The molecule has 2 aromatic heterocycles. The van der Waals surface area contributed by atoms with Crippen LogP contribution in [0.1, 0.15) is 49.0 Å². The fourth-order valence-corrected chi connectivity index (χ4v) is 2.83. The van der Waals surface area contributed by atoms with Crippen molar-refractivity contribution in [2.24, 2.45) is 0 Å². The molecule has 0 atom stereocenters. The molecule has 5 heteroatoms. The number of pyridine rings is 1. The van der Waals surface area contributed by atoms with Crippen molar-refractivity contribution in [2.75, 3.05) is 0 Å². The van der Waals surface area contributed by atoms with Gasteiger partial charge >= 0.3 is 0 Å². The number of nitrogens with zero attached hydrogens (tertiary/aromatic N) is 3. The molecule has 1 aliphatic rings. The zero-order valence-corrected chi connectivity index (χ0v) is 10.8. The molecule has 0 radical (unpaired) electrons. The van der Waals surface area contributed by atoms with Gasteiger partial charge in [0.05, 0.1) is 5.56 Å². The van der Waals surface area contributed by atoms with Gasteiger partial charge in [0.1, 0.15) is 12.0 Å². The second-order valence-corrected chi connectivity index (χ2v) is 5.03. The summed E-state index contributed by atoms with van der Waals surface area (Å²) in [5, 5.41) is 0.749. The van der Waals surface area contributed by atoms with Crippen molar-refractivity contribution in [3.63, 3.8) is 0 Å². The number of ketones is 1. The average molecular weight is 257 g/mol. The first kappa shape index (κ1) is 12.0. The Morgan fingerprint density at radius 2 is 2.11 bits per heavy atom. The number of rotatable bonds is 2. The van der Waals surface area contributed by atoms with Crippen LogP contribution in [0.5, 0.6) is 0 Å².